The molecule has 2 amide bonds. The molecule has 1 saturated carbocycles. The molecule has 0 bridgehead atoms. The van der Waals surface area contributed by atoms with Gasteiger partial charge in [-0.1, -0.05) is 0 Å². The van der Waals surface area contributed by atoms with Gasteiger partial charge >= 0.3 is 0 Å². The number of hydrogen-bond donors (Lipinski definition) is 1. The third-order valence-corrected chi connectivity index (χ3v) is 4.91. The molecule has 3 rings (SSSR count). The molecule has 130 valence electrons. The summed E-state index contributed by atoms with van der Waals surface area (Å²) >= 11 is 0. The van der Waals surface area contributed by atoms with Crippen molar-refractivity contribution >= 4 is 17.5 Å². The van der Waals surface area contributed by atoms with Gasteiger partial charge in [0.15, 0.2) is 6.61 Å². The van der Waals surface area contributed by atoms with Crippen molar-refractivity contribution in [3.05, 3.63) is 24.3 Å². The lowest BCUT2D eigenvalue weighted by molar-refractivity contribution is -0.139. The molecule has 0 radical (unpaired) electrons. The van der Waals surface area contributed by atoms with Crippen LogP contribution in [0, 0.1) is 5.92 Å². The van der Waals surface area contributed by atoms with Crippen LogP contribution in [-0.4, -0.2) is 35.4 Å². The molecular formula is C19H26N2O3. The monoisotopic (exact) mass is 330 g/mol. The summed E-state index contributed by atoms with van der Waals surface area (Å²) < 4.78 is 5.63. The summed E-state index contributed by atoms with van der Waals surface area (Å²) in [6.45, 7) is 4.26. The summed E-state index contributed by atoms with van der Waals surface area (Å²) in [5.74, 6) is 0.963. The van der Waals surface area contributed by atoms with E-state index >= 15 is 0 Å². The molecule has 1 heterocycles. The number of amides is 2. The van der Waals surface area contributed by atoms with Gasteiger partial charge in [0.1, 0.15) is 5.75 Å². The topological polar surface area (TPSA) is 58.6 Å². The van der Waals surface area contributed by atoms with E-state index < -0.39 is 0 Å². The molecule has 5 nitrogen and oxygen atoms in total. The Bertz CT molecular complexity index is 585. The molecule has 1 saturated heterocycles. The minimum absolute atomic E-state index is 0.0424. The van der Waals surface area contributed by atoms with Crippen LogP contribution in [0.15, 0.2) is 24.3 Å². The number of rotatable bonds is 5. The van der Waals surface area contributed by atoms with Gasteiger partial charge in [0, 0.05) is 23.7 Å². The number of piperidine rings is 1. The fourth-order valence-electron chi connectivity index (χ4n) is 3.36. The first-order valence-corrected chi connectivity index (χ1v) is 8.89. The molecule has 2 unspecified atom stereocenters. The van der Waals surface area contributed by atoms with Crippen molar-refractivity contribution in [1.29, 1.82) is 0 Å². The quantitative estimate of drug-likeness (QED) is 0.902. The molecule has 2 atom stereocenters. The van der Waals surface area contributed by atoms with Crippen LogP contribution >= 0.6 is 0 Å². The summed E-state index contributed by atoms with van der Waals surface area (Å²) in [5, 5.41) is 2.89. The first kappa shape index (κ1) is 16.8. The number of benzene rings is 1. The van der Waals surface area contributed by atoms with Crippen molar-refractivity contribution in [2.24, 2.45) is 5.92 Å². The molecule has 0 spiro atoms. The second kappa shape index (κ2) is 7.24. The van der Waals surface area contributed by atoms with E-state index in [4.69, 9.17) is 4.74 Å². The number of ether oxygens (including phenoxy) is 1. The van der Waals surface area contributed by atoms with Crippen LogP contribution in [0.2, 0.25) is 0 Å². The van der Waals surface area contributed by atoms with E-state index in [1.54, 1.807) is 12.1 Å². The standard InChI is InChI=1S/C19H26N2O3/c1-13-4-3-5-14(2)21(13)18(22)12-24-17-10-8-16(9-11-17)20-19(23)15-6-7-15/h8-11,13-15H,3-7,12H2,1-2H3,(H,20,23). The Kier molecular flexibility index (Phi) is 5.07. The summed E-state index contributed by atoms with van der Waals surface area (Å²) in [7, 11) is 0. The average Bonchev–Trinajstić information content (AvgIpc) is 3.39. The van der Waals surface area contributed by atoms with E-state index in [9.17, 15) is 9.59 Å². The van der Waals surface area contributed by atoms with E-state index in [1.165, 1.54) is 6.42 Å². The van der Waals surface area contributed by atoms with Crippen LogP contribution in [0.1, 0.15) is 46.0 Å². The van der Waals surface area contributed by atoms with Gasteiger partial charge in [-0.25, -0.2) is 0 Å². The highest BCUT2D eigenvalue weighted by Crippen LogP contribution is 2.30. The molecule has 1 aromatic rings. The second-order valence-corrected chi connectivity index (χ2v) is 7.01. The van der Waals surface area contributed by atoms with E-state index in [0.717, 1.165) is 31.4 Å². The molecule has 1 aliphatic carbocycles. The van der Waals surface area contributed by atoms with Gasteiger partial charge in [-0.15, -0.1) is 0 Å². The lowest BCUT2D eigenvalue weighted by Crippen LogP contribution is -2.49. The Labute approximate surface area is 143 Å². The van der Waals surface area contributed by atoms with E-state index in [1.807, 2.05) is 17.0 Å². The molecule has 5 heteroatoms. The minimum atomic E-state index is 0.0424. The van der Waals surface area contributed by atoms with E-state index in [-0.39, 0.29) is 36.4 Å². The van der Waals surface area contributed by atoms with Crippen LogP contribution in [-0.2, 0) is 9.59 Å². The minimum Gasteiger partial charge on any atom is -0.484 e. The molecule has 2 fully saturated rings. The fraction of sp³-hybridized carbons (Fsp3) is 0.579. The van der Waals surface area contributed by atoms with Crippen LogP contribution in [0.3, 0.4) is 0 Å². The fourth-order valence-corrected chi connectivity index (χ4v) is 3.36. The van der Waals surface area contributed by atoms with Gasteiger partial charge in [0.25, 0.3) is 5.91 Å². The Morgan fingerprint density at radius 2 is 1.71 bits per heavy atom. The van der Waals surface area contributed by atoms with Crippen LogP contribution in [0.5, 0.6) is 5.75 Å². The highest BCUT2D eigenvalue weighted by atomic mass is 16.5. The summed E-state index contributed by atoms with van der Waals surface area (Å²) in [6.07, 6.45) is 5.28. The Hall–Kier alpha value is -2.04. The van der Waals surface area contributed by atoms with Gasteiger partial charge in [0.2, 0.25) is 5.91 Å². The summed E-state index contributed by atoms with van der Waals surface area (Å²) in [5.41, 5.74) is 0.767. The number of nitrogens with zero attached hydrogens (tertiary/aromatic N) is 1. The van der Waals surface area contributed by atoms with Crippen molar-refractivity contribution in [1.82, 2.24) is 4.90 Å². The van der Waals surface area contributed by atoms with Crippen molar-refractivity contribution < 1.29 is 14.3 Å². The Balaban J connectivity index is 1.50. The molecule has 2 aliphatic rings. The smallest absolute Gasteiger partial charge is 0.260 e. The lowest BCUT2D eigenvalue weighted by atomic mass is 9.97. The zero-order valence-electron chi connectivity index (χ0n) is 14.5. The summed E-state index contributed by atoms with van der Waals surface area (Å²) in [6, 6.07) is 7.77. The van der Waals surface area contributed by atoms with Crippen LogP contribution in [0.4, 0.5) is 5.69 Å². The maximum atomic E-state index is 12.4. The molecule has 1 aromatic carbocycles. The Morgan fingerprint density at radius 1 is 1.08 bits per heavy atom. The number of carbonyl (C=O) groups is 2. The number of nitrogens with one attached hydrogen (secondary N) is 1. The maximum absolute atomic E-state index is 12.4. The van der Waals surface area contributed by atoms with Gasteiger partial charge in [-0.05, 0) is 70.2 Å². The number of carbonyl (C=O) groups excluding carboxylic acids is 2. The van der Waals surface area contributed by atoms with Crippen LogP contribution in [0.25, 0.3) is 0 Å². The molecule has 1 aliphatic heterocycles. The predicted molar refractivity (Wildman–Crippen MR) is 92.9 cm³/mol. The van der Waals surface area contributed by atoms with E-state index in [2.05, 4.69) is 19.2 Å². The first-order valence-electron chi connectivity index (χ1n) is 8.89. The molecular weight excluding hydrogens is 304 g/mol. The second-order valence-electron chi connectivity index (χ2n) is 7.01. The first-order chi connectivity index (χ1) is 11.5. The highest BCUT2D eigenvalue weighted by molar-refractivity contribution is 5.94. The normalized spacial score (nSPS) is 23.7. The molecule has 1 N–H and O–H groups in total. The van der Waals surface area contributed by atoms with Crippen LogP contribution < -0.4 is 10.1 Å². The van der Waals surface area contributed by atoms with Gasteiger partial charge in [-0.3, -0.25) is 9.59 Å². The molecule has 0 aromatic heterocycles. The largest absolute Gasteiger partial charge is 0.484 e. The van der Waals surface area contributed by atoms with Crippen molar-refractivity contribution in [2.75, 3.05) is 11.9 Å². The van der Waals surface area contributed by atoms with Crippen molar-refractivity contribution in [3.8, 4) is 5.75 Å². The SMILES string of the molecule is CC1CCCC(C)N1C(=O)COc1ccc(NC(=O)C2CC2)cc1. The lowest BCUT2D eigenvalue weighted by Gasteiger charge is -2.38. The maximum Gasteiger partial charge on any atom is 0.260 e. The Morgan fingerprint density at radius 3 is 2.29 bits per heavy atom. The summed E-state index contributed by atoms with van der Waals surface area (Å²) in [4.78, 5) is 26.1. The van der Waals surface area contributed by atoms with Gasteiger partial charge in [-0.2, -0.15) is 0 Å². The number of hydrogen-bond acceptors (Lipinski definition) is 3. The van der Waals surface area contributed by atoms with Crippen molar-refractivity contribution in [3.63, 3.8) is 0 Å². The van der Waals surface area contributed by atoms with Gasteiger partial charge in [0.05, 0.1) is 0 Å². The van der Waals surface area contributed by atoms with E-state index in [0.29, 0.717) is 5.75 Å². The third kappa shape index (κ3) is 4.08. The van der Waals surface area contributed by atoms with Crippen molar-refractivity contribution in [2.45, 2.75) is 58.0 Å². The number of anilines is 1. The zero-order chi connectivity index (χ0) is 17.1. The average molecular weight is 330 g/mol. The van der Waals surface area contributed by atoms with Gasteiger partial charge < -0.3 is 15.0 Å². The highest BCUT2D eigenvalue weighted by Gasteiger charge is 2.30. The number of likely N-dealkylation sites (tertiary alicyclic amines) is 1. The zero-order valence-corrected chi connectivity index (χ0v) is 14.5. The third-order valence-electron chi connectivity index (χ3n) is 4.91. The predicted octanol–water partition coefficient (Wildman–Crippen LogP) is 3.20. The molecule has 24 heavy (non-hydrogen) atoms.